The average Bonchev–Trinajstić information content (AvgIpc) is 2.47. The number of nitriles is 1. The Hall–Kier alpha value is -2.50. The Bertz CT molecular complexity index is 738. The number of aliphatic carboxylic acids is 1. The zero-order valence-corrected chi connectivity index (χ0v) is 13.5. The van der Waals surface area contributed by atoms with Gasteiger partial charge in [-0.2, -0.15) is 18.4 Å². The third-order valence-corrected chi connectivity index (χ3v) is 4.74. The second-order valence-electron chi connectivity index (χ2n) is 6.54. The maximum absolute atomic E-state index is 13.4. The van der Waals surface area contributed by atoms with E-state index >= 15 is 0 Å². The van der Waals surface area contributed by atoms with Gasteiger partial charge in [0.05, 0.1) is 12.0 Å². The molecule has 0 amide bonds. The first-order valence-electron chi connectivity index (χ1n) is 7.96. The maximum Gasteiger partial charge on any atom is 0.417 e. The standard InChI is InChI=1S/C16H17F3N4O2/c1-9-2-3-23(9)15-11(6-20)12(16(17,18)19)5-13(21-15)22-7-10(8-22)4-14(24)25/h5,9-10H,2-4,7-8H2,1H3,(H,24,25)/t9-/m0/s1. The van der Waals surface area contributed by atoms with E-state index in [-0.39, 0.29) is 30.0 Å². The minimum atomic E-state index is -4.66. The minimum absolute atomic E-state index is 0.0189. The van der Waals surface area contributed by atoms with Crippen LogP contribution in [-0.4, -0.2) is 41.7 Å². The molecule has 1 atom stereocenters. The molecule has 25 heavy (non-hydrogen) atoms. The highest BCUT2D eigenvalue weighted by Crippen LogP contribution is 2.40. The highest BCUT2D eigenvalue weighted by Gasteiger charge is 2.40. The van der Waals surface area contributed by atoms with Gasteiger partial charge >= 0.3 is 12.1 Å². The summed E-state index contributed by atoms with van der Waals surface area (Å²) < 4.78 is 40.3. The number of carbonyl (C=O) groups is 1. The first kappa shape index (κ1) is 17.3. The smallest absolute Gasteiger partial charge is 0.417 e. The highest BCUT2D eigenvalue weighted by molar-refractivity contribution is 5.68. The van der Waals surface area contributed by atoms with Crippen molar-refractivity contribution in [1.29, 1.82) is 5.26 Å². The molecule has 0 aliphatic carbocycles. The summed E-state index contributed by atoms with van der Waals surface area (Å²) in [5, 5.41) is 18.0. The number of rotatable bonds is 4. The van der Waals surface area contributed by atoms with E-state index in [2.05, 4.69) is 4.98 Å². The normalized spacial score (nSPS) is 20.7. The minimum Gasteiger partial charge on any atom is -0.481 e. The predicted molar refractivity (Wildman–Crippen MR) is 83.3 cm³/mol. The van der Waals surface area contributed by atoms with Crippen molar-refractivity contribution >= 4 is 17.6 Å². The van der Waals surface area contributed by atoms with Crippen molar-refractivity contribution in [3.8, 4) is 6.07 Å². The van der Waals surface area contributed by atoms with Crippen LogP contribution in [0, 0.1) is 17.2 Å². The number of nitrogens with zero attached hydrogens (tertiary/aromatic N) is 4. The molecule has 9 heteroatoms. The molecule has 0 bridgehead atoms. The lowest BCUT2D eigenvalue weighted by atomic mass is 9.96. The number of aromatic nitrogens is 1. The van der Waals surface area contributed by atoms with Gasteiger partial charge in [0.25, 0.3) is 0 Å². The van der Waals surface area contributed by atoms with Crippen molar-refractivity contribution in [3.05, 3.63) is 17.2 Å². The number of alkyl halides is 3. The third-order valence-electron chi connectivity index (χ3n) is 4.74. The average molecular weight is 354 g/mol. The van der Waals surface area contributed by atoms with Crippen LogP contribution in [0.5, 0.6) is 0 Å². The summed E-state index contributed by atoms with van der Waals surface area (Å²) >= 11 is 0. The largest absolute Gasteiger partial charge is 0.481 e. The highest BCUT2D eigenvalue weighted by atomic mass is 19.4. The van der Waals surface area contributed by atoms with E-state index in [0.29, 0.717) is 19.6 Å². The molecule has 2 fully saturated rings. The summed E-state index contributed by atoms with van der Waals surface area (Å²) in [4.78, 5) is 18.3. The fourth-order valence-corrected chi connectivity index (χ4v) is 3.19. The fourth-order valence-electron chi connectivity index (χ4n) is 3.19. The molecule has 0 radical (unpaired) electrons. The lowest BCUT2D eigenvalue weighted by Gasteiger charge is -2.43. The van der Waals surface area contributed by atoms with Crippen LogP contribution in [0.2, 0.25) is 0 Å². The summed E-state index contributed by atoms with van der Waals surface area (Å²) in [5.41, 5.74) is -1.44. The van der Waals surface area contributed by atoms with Crippen LogP contribution < -0.4 is 9.80 Å². The van der Waals surface area contributed by atoms with Crippen LogP contribution in [0.25, 0.3) is 0 Å². The van der Waals surface area contributed by atoms with Crippen LogP contribution in [0.1, 0.15) is 30.9 Å². The molecule has 0 aromatic carbocycles. The Kier molecular flexibility index (Phi) is 4.22. The van der Waals surface area contributed by atoms with Crippen LogP contribution in [-0.2, 0) is 11.0 Å². The van der Waals surface area contributed by atoms with Crippen molar-refractivity contribution in [3.63, 3.8) is 0 Å². The molecular weight excluding hydrogens is 337 g/mol. The topological polar surface area (TPSA) is 80.5 Å². The number of hydrogen-bond acceptors (Lipinski definition) is 5. The third kappa shape index (κ3) is 3.21. The lowest BCUT2D eigenvalue weighted by Crippen LogP contribution is -2.49. The molecule has 3 rings (SSSR count). The zero-order chi connectivity index (χ0) is 18.4. The van der Waals surface area contributed by atoms with Crippen LogP contribution in [0.15, 0.2) is 6.07 Å². The molecule has 1 aromatic rings. The maximum atomic E-state index is 13.4. The first-order valence-corrected chi connectivity index (χ1v) is 7.96. The van der Waals surface area contributed by atoms with Crippen LogP contribution in [0.4, 0.5) is 24.8 Å². The van der Waals surface area contributed by atoms with Crippen molar-refractivity contribution in [2.24, 2.45) is 5.92 Å². The Labute approximate surface area is 142 Å². The van der Waals surface area contributed by atoms with Crippen molar-refractivity contribution in [2.45, 2.75) is 32.0 Å². The molecule has 6 nitrogen and oxygen atoms in total. The molecule has 0 spiro atoms. The fraction of sp³-hybridized carbons (Fsp3) is 0.562. The van der Waals surface area contributed by atoms with E-state index < -0.39 is 23.3 Å². The zero-order valence-electron chi connectivity index (χ0n) is 13.5. The van der Waals surface area contributed by atoms with Gasteiger partial charge in [0.15, 0.2) is 0 Å². The molecule has 2 aliphatic rings. The van der Waals surface area contributed by atoms with Gasteiger partial charge in [0.2, 0.25) is 0 Å². The Morgan fingerprint density at radius 2 is 2.16 bits per heavy atom. The molecule has 0 saturated carbocycles. The van der Waals surface area contributed by atoms with Gasteiger partial charge in [-0.15, -0.1) is 0 Å². The summed E-state index contributed by atoms with van der Waals surface area (Å²) in [6, 6.07) is 2.58. The number of hydrogen-bond donors (Lipinski definition) is 1. The number of pyridine rings is 1. The lowest BCUT2D eigenvalue weighted by molar-refractivity contribution is -0.138. The first-order chi connectivity index (χ1) is 11.7. The predicted octanol–water partition coefficient (Wildman–Crippen LogP) is 2.48. The van der Waals surface area contributed by atoms with Crippen LogP contribution >= 0.6 is 0 Å². The Morgan fingerprint density at radius 1 is 1.48 bits per heavy atom. The molecule has 2 aliphatic heterocycles. The molecular formula is C16H17F3N4O2. The number of carboxylic acids is 1. The quantitative estimate of drug-likeness (QED) is 0.895. The molecule has 1 aromatic heterocycles. The monoisotopic (exact) mass is 354 g/mol. The molecule has 0 unspecified atom stereocenters. The van der Waals surface area contributed by atoms with Crippen molar-refractivity contribution in [2.75, 3.05) is 29.4 Å². The number of halogens is 3. The SMILES string of the molecule is C[C@H]1CCN1c1nc(N2CC(CC(=O)O)C2)cc(C(F)(F)F)c1C#N. The molecule has 1 N–H and O–H groups in total. The van der Waals surface area contributed by atoms with Crippen molar-refractivity contribution < 1.29 is 23.1 Å². The molecule has 134 valence electrons. The summed E-state index contributed by atoms with van der Waals surface area (Å²) in [7, 11) is 0. The van der Waals surface area contributed by atoms with Gasteiger partial charge in [-0.25, -0.2) is 4.98 Å². The van der Waals surface area contributed by atoms with Gasteiger partial charge in [-0.05, 0) is 19.4 Å². The molecule has 3 heterocycles. The van der Waals surface area contributed by atoms with E-state index in [1.165, 1.54) is 0 Å². The van der Waals surface area contributed by atoms with E-state index in [9.17, 15) is 23.2 Å². The summed E-state index contributed by atoms with van der Waals surface area (Å²) in [6.07, 6.45) is -3.84. The van der Waals surface area contributed by atoms with Gasteiger partial charge < -0.3 is 14.9 Å². The number of carboxylic acid groups (broad SMARTS) is 1. The van der Waals surface area contributed by atoms with Gasteiger partial charge in [-0.3, -0.25) is 4.79 Å². The van der Waals surface area contributed by atoms with E-state index in [0.717, 1.165) is 12.5 Å². The Balaban J connectivity index is 1.96. The Morgan fingerprint density at radius 3 is 2.60 bits per heavy atom. The van der Waals surface area contributed by atoms with Crippen molar-refractivity contribution in [1.82, 2.24) is 4.98 Å². The van der Waals surface area contributed by atoms with E-state index in [1.54, 1.807) is 15.9 Å². The summed E-state index contributed by atoms with van der Waals surface area (Å²) in [5.74, 6) is -0.825. The molecule has 2 saturated heterocycles. The van der Waals surface area contributed by atoms with E-state index in [1.807, 2.05) is 6.92 Å². The second-order valence-corrected chi connectivity index (χ2v) is 6.54. The van der Waals surface area contributed by atoms with Gasteiger partial charge in [0.1, 0.15) is 23.3 Å². The van der Waals surface area contributed by atoms with Crippen LogP contribution in [0.3, 0.4) is 0 Å². The number of anilines is 2. The second kappa shape index (κ2) is 6.10. The van der Waals surface area contributed by atoms with Gasteiger partial charge in [0, 0.05) is 31.6 Å². The van der Waals surface area contributed by atoms with E-state index in [4.69, 9.17) is 5.11 Å². The van der Waals surface area contributed by atoms with Gasteiger partial charge in [-0.1, -0.05) is 0 Å². The summed E-state index contributed by atoms with van der Waals surface area (Å²) in [6.45, 7) is 3.12.